The molecule has 0 saturated heterocycles. The first kappa shape index (κ1) is 14.5. The third kappa shape index (κ3) is 3.33. The van der Waals surface area contributed by atoms with Crippen LogP contribution in [0, 0.1) is 25.5 Å². The summed E-state index contributed by atoms with van der Waals surface area (Å²) in [6.45, 7) is 3.71. The van der Waals surface area contributed by atoms with Crippen LogP contribution in [0.1, 0.15) is 22.8 Å². The quantitative estimate of drug-likeness (QED) is 0.924. The second kappa shape index (κ2) is 6.01. The monoisotopic (exact) mass is 278 g/mol. The number of aliphatic hydroxyl groups excluding tert-OH is 1. The molecule has 0 heterocycles. The SMILES string of the molecule is Cc1ccc(C(O)COc2cc(F)ccc2F)c(C)c1. The maximum atomic E-state index is 13.4. The van der Waals surface area contributed by atoms with Gasteiger partial charge in [-0.15, -0.1) is 0 Å². The number of aryl methyl sites for hydroxylation is 2. The van der Waals surface area contributed by atoms with Gasteiger partial charge in [-0.3, -0.25) is 0 Å². The molecule has 20 heavy (non-hydrogen) atoms. The minimum Gasteiger partial charge on any atom is -0.487 e. The van der Waals surface area contributed by atoms with Crippen molar-refractivity contribution in [1.29, 1.82) is 0 Å². The van der Waals surface area contributed by atoms with E-state index >= 15 is 0 Å². The Morgan fingerprint density at radius 2 is 1.85 bits per heavy atom. The Balaban J connectivity index is 2.08. The predicted molar refractivity (Wildman–Crippen MR) is 72.7 cm³/mol. The van der Waals surface area contributed by atoms with Crippen LogP contribution in [0.4, 0.5) is 8.78 Å². The van der Waals surface area contributed by atoms with Crippen molar-refractivity contribution in [2.45, 2.75) is 20.0 Å². The highest BCUT2D eigenvalue weighted by Crippen LogP contribution is 2.22. The summed E-state index contributed by atoms with van der Waals surface area (Å²) >= 11 is 0. The minimum atomic E-state index is -0.890. The van der Waals surface area contributed by atoms with Gasteiger partial charge in [0.25, 0.3) is 0 Å². The molecule has 2 rings (SSSR count). The molecule has 0 bridgehead atoms. The van der Waals surface area contributed by atoms with Gasteiger partial charge >= 0.3 is 0 Å². The van der Waals surface area contributed by atoms with Crippen molar-refractivity contribution in [3.63, 3.8) is 0 Å². The Bertz CT molecular complexity index is 611. The summed E-state index contributed by atoms with van der Waals surface area (Å²) < 4.78 is 31.5. The van der Waals surface area contributed by atoms with Crippen molar-refractivity contribution >= 4 is 0 Å². The lowest BCUT2D eigenvalue weighted by Crippen LogP contribution is -2.11. The molecule has 106 valence electrons. The predicted octanol–water partition coefficient (Wildman–Crippen LogP) is 3.69. The van der Waals surface area contributed by atoms with Gasteiger partial charge in [0.05, 0.1) is 0 Å². The third-order valence-corrected chi connectivity index (χ3v) is 3.07. The number of aliphatic hydroxyl groups is 1. The summed E-state index contributed by atoms with van der Waals surface area (Å²) in [6.07, 6.45) is -0.890. The molecule has 1 unspecified atom stereocenters. The van der Waals surface area contributed by atoms with Gasteiger partial charge in [0.2, 0.25) is 0 Å². The molecular formula is C16H16F2O2. The molecule has 1 N–H and O–H groups in total. The van der Waals surface area contributed by atoms with Crippen LogP contribution >= 0.6 is 0 Å². The van der Waals surface area contributed by atoms with Gasteiger partial charge in [-0.05, 0) is 37.1 Å². The van der Waals surface area contributed by atoms with Crippen LogP contribution in [0.2, 0.25) is 0 Å². The summed E-state index contributed by atoms with van der Waals surface area (Å²) in [6, 6.07) is 8.61. The molecule has 0 spiro atoms. The maximum absolute atomic E-state index is 13.4. The van der Waals surface area contributed by atoms with E-state index in [-0.39, 0.29) is 12.4 Å². The highest BCUT2D eigenvalue weighted by atomic mass is 19.1. The van der Waals surface area contributed by atoms with E-state index in [0.29, 0.717) is 5.56 Å². The van der Waals surface area contributed by atoms with Crippen LogP contribution in [-0.2, 0) is 0 Å². The Morgan fingerprint density at radius 3 is 2.55 bits per heavy atom. The number of benzene rings is 2. The van der Waals surface area contributed by atoms with E-state index in [2.05, 4.69) is 0 Å². The first-order valence-electron chi connectivity index (χ1n) is 6.30. The Hall–Kier alpha value is -1.94. The lowest BCUT2D eigenvalue weighted by atomic mass is 10.0. The number of hydrogen-bond acceptors (Lipinski definition) is 2. The van der Waals surface area contributed by atoms with Crippen molar-refractivity contribution < 1.29 is 18.6 Å². The second-order valence-corrected chi connectivity index (χ2v) is 4.76. The van der Waals surface area contributed by atoms with Gasteiger partial charge in [0.1, 0.15) is 18.5 Å². The second-order valence-electron chi connectivity index (χ2n) is 4.76. The topological polar surface area (TPSA) is 29.5 Å². The molecule has 0 saturated carbocycles. The van der Waals surface area contributed by atoms with E-state index in [4.69, 9.17) is 4.74 Å². The number of rotatable bonds is 4. The van der Waals surface area contributed by atoms with E-state index in [0.717, 1.165) is 29.3 Å². The molecule has 0 amide bonds. The largest absolute Gasteiger partial charge is 0.487 e. The van der Waals surface area contributed by atoms with Crippen molar-refractivity contribution in [1.82, 2.24) is 0 Å². The van der Waals surface area contributed by atoms with Crippen molar-refractivity contribution in [3.05, 3.63) is 64.7 Å². The van der Waals surface area contributed by atoms with Gasteiger partial charge in [-0.2, -0.15) is 0 Å². The normalized spacial score (nSPS) is 12.2. The van der Waals surface area contributed by atoms with E-state index in [1.807, 2.05) is 26.0 Å². The molecule has 4 heteroatoms. The summed E-state index contributed by atoms with van der Waals surface area (Å²) in [5.41, 5.74) is 2.74. The summed E-state index contributed by atoms with van der Waals surface area (Å²) in [5, 5.41) is 10.1. The fourth-order valence-corrected chi connectivity index (χ4v) is 2.05. The molecule has 0 aliphatic carbocycles. The molecule has 0 aromatic heterocycles. The zero-order chi connectivity index (χ0) is 14.7. The van der Waals surface area contributed by atoms with Crippen LogP contribution in [0.15, 0.2) is 36.4 Å². The highest BCUT2D eigenvalue weighted by molar-refractivity contribution is 5.32. The molecule has 0 aliphatic rings. The molecule has 2 nitrogen and oxygen atoms in total. The van der Waals surface area contributed by atoms with Crippen molar-refractivity contribution in [2.75, 3.05) is 6.61 Å². The molecule has 0 fully saturated rings. The van der Waals surface area contributed by atoms with Crippen LogP contribution in [0.3, 0.4) is 0 Å². The summed E-state index contributed by atoms with van der Waals surface area (Å²) in [4.78, 5) is 0. The van der Waals surface area contributed by atoms with Gasteiger partial charge in [0, 0.05) is 6.07 Å². The van der Waals surface area contributed by atoms with Crippen LogP contribution in [0.25, 0.3) is 0 Å². The molecule has 0 aliphatic heterocycles. The smallest absolute Gasteiger partial charge is 0.165 e. The Kier molecular flexibility index (Phi) is 4.35. The van der Waals surface area contributed by atoms with Crippen LogP contribution < -0.4 is 4.74 Å². The summed E-state index contributed by atoms with van der Waals surface area (Å²) in [5.74, 6) is -1.43. The standard InChI is InChI=1S/C16H16F2O2/c1-10-3-5-13(11(2)7-10)15(19)9-20-16-8-12(17)4-6-14(16)18/h3-8,15,19H,9H2,1-2H3. The van der Waals surface area contributed by atoms with Gasteiger partial charge in [-0.25, -0.2) is 8.78 Å². The lowest BCUT2D eigenvalue weighted by molar-refractivity contribution is 0.105. The van der Waals surface area contributed by atoms with Gasteiger partial charge < -0.3 is 9.84 Å². The third-order valence-electron chi connectivity index (χ3n) is 3.07. The molecule has 2 aromatic carbocycles. The number of ether oxygens (including phenoxy) is 1. The highest BCUT2D eigenvalue weighted by Gasteiger charge is 2.13. The fraction of sp³-hybridized carbons (Fsp3) is 0.250. The number of halogens is 2. The first-order valence-corrected chi connectivity index (χ1v) is 6.30. The minimum absolute atomic E-state index is 0.135. The zero-order valence-corrected chi connectivity index (χ0v) is 11.4. The van der Waals surface area contributed by atoms with E-state index in [1.165, 1.54) is 0 Å². The first-order chi connectivity index (χ1) is 9.47. The summed E-state index contributed by atoms with van der Waals surface area (Å²) in [7, 11) is 0. The Morgan fingerprint density at radius 1 is 1.10 bits per heavy atom. The molecule has 2 aromatic rings. The lowest BCUT2D eigenvalue weighted by Gasteiger charge is -2.15. The zero-order valence-electron chi connectivity index (χ0n) is 11.4. The molecular weight excluding hydrogens is 262 g/mol. The van der Waals surface area contributed by atoms with Crippen LogP contribution in [-0.4, -0.2) is 11.7 Å². The molecule has 0 radical (unpaired) electrons. The van der Waals surface area contributed by atoms with E-state index < -0.39 is 17.7 Å². The number of hydrogen-bond donors (Lipinski definition) is 1. The van der Waals surface area contributed by atoms with Crippen molar-refractivity contribution in [2.24, 2.45) is 0 Å². The van der Waals surface area contributed by atoms with Gasteiger partial charge in [0.15, 0.2) is 11.6 Å². The van der Waals surface area contributed by atoms with E-state index in [9.17, 15) is 13.9 Å². The average Bonchev–Trinajstić information content (AvgIpc) is 2.39. The average molecular weight is 278 g/mol. The maximum Gasteiger partial charge on any atom is 0.165 e. The van der Waals surface area contributed by atoms with Crippen LogP contribution in [0.5, 0.6) is 5.75 Å². The van der Waals surface area contributed by atoms with E-state index in [1.54, 1.807) is 6.07 Å². The van der Waals surface area contributed by atoms with Crippen molar-refractivity contribution in [3.8, 4) is 5.75 Å². The Labute approximate surface area is 116 Å². The fourth-order valence-electron chi connectivity index (χ4n) is 2.05. The molecule has 1 atom stereocenters. The van der Waals surface area contributed by atoms with Gasteiger partial charge in [-0.1, -0.05) is 23.8 Å².